The van der Waals surface area contributed by atoms with Crippen molar-refractivity contribution < 1.29 is 0 Å². The molecule has 0 fully saturated rings. The molecule has 0 N–H and O–H groups in total. The number of hydrogen-bond acceptors (Lipinski definition) is 0. The predicted octanol–water partition coefficient (Wildman–Crippen LogP) is 5.70. The van der Waals surface area contributed by atoms with Crippen molar-refractivity contribution in [1.82, 2.24) is 0 Å². The van der Waals surface area contributed by atoms with Gasteiger partial charge in [0.15, 0.2) is 0 Å². The van der Waals surface area contributed by atoms with Crippen molar-refractivity contribution in [3.05, 3.63) is 35.4 Å². The van der Waals surface area contributed by atoms with Crippen LogP contribution in [0.2, 0.25) is 0 Å². The van der Waals surface area contributed by atoms with Gasteiger partial charge >= 0.3 is 0 Å². The standard InChI is InChI=1S/C15H24.C2H6/c1-7-15(5,6)13-10-8-9-12(11-13)14(2,3)4;1-2/h8-11H,7H2,1-6H3;1-2H3. The first-order chi connectivity index (χ1) is 7.77. The van der Waals surface area contributed by atoms with Crippen molar-refractivity contribution in [3.63, 3.8) is 0 Å². The Hall–Kier alpha value is -0.780. The normalized spacial score (nSPS) is 11.8. The molecule has 0 nitrogen and oxygen atoms in total. The highest BCUT2D eigenvalue weighted by atomic mass is 14.3. The first-order valence-electron chi connectivity index (χ1n) is 6.88. The summed E-state index contributed by atoms with van der Waals surface area (Å²) in [4.78, 5) is 0. The van der Waals surface area contributed by atoms with Gasteiger partial charge in [0.25, 0.3) is 0 Å². The van der Waals surface area contributed by atoms with Crippen LogP contribution in [0.5, 0.6) is 0 Å². The lowest BCUT2D eigenvalue weighted by Crippen LogP contribution is -2.18. The highest BCUT2D eigenvalue weighted by Crippen LogP contribution is 2.30. The van der Waals surface area contributed by atoms with Gasteiger partial charge in [-0.15, -0.1) is 0 Å². The molecule has 0 radical (unpaired) electrons. The third-order valence-corrected chi connectivity index (χ3v) is 3.39. The van der Waals surface area contributed by atoms with Crippen LogP contribution in [0.25, 0.3) is 0 Å². The monoisotopic (exact) mass is 234 g/mol. The maximum absolute atomic E-state index is 2.36. The number of rotatable bonds is 2. The molecule has 0 bridgehead atoms. The third-order valence-electron chi connectivity index (χ3n) is 3.39. The minimum absolute atomic E-state index is 0.250. The maximum atomic E-state index is 2.36. The van der Waals surface area contributed by atoms with E-state index >= 15 is 0 Å². The second kappa shape index (κ2) is 6.23. The van der Waals surface area contributed by atoms with Crippen molar-refractivity contribution in [2.45, 2.75) is 72.6 Å². The SMILES string of the molecule is CC.CCC(C)(C)c1cccc(C(C)(C)C)c1. The van der Waals surface area contributed by atoms with Gasteiger partial charge in [-0.3, -0.25) is 0 Å². The molecule has 0 saturated carbocycles. The van der Waals surface area contributed by atoms with Gasteiger partial charge in [0.2, 0.25) is 0 Å². The highest BCUT2D eigenvalue weighted by Gasteiger charge is 2.20. The van der Waals surface area contributed by atoms with E-state index in [1.165, 1.54) is 17.5 Å². The molecular formula is C17H30. The molecule has 0 saturated heterocycles. The Morgan fingerprint density at radius 3 is 1.76 bits per heavy atom. The van der Waals surface area contributed by atoms with Gasteiger partial charge < -0.3 is 0 Å². The van der Waals surface area contributed by atoms with E-state index in [2.05, 4.69) is 65.8 Å². The summed E-state index contributed by atoms with van der Waals surface area (Å²) in [5.41, 5.74) is 3.43. The maximum Gasteiger partial charge on any atom is -0.0106 e. The van der Waals surface area contributed by atoms with Crippen molar-refractivity contribution in [3.8, 4) is 0 Å². The molecule has 0 unspecified atom stereocenters. The molecule has 1 aromatic rings. The molecule has 0 aliphatic carbocycles. The minimum atomic E-state index is 0.250. The molecule has 0 atom stereocenters. The van der Waals surface area contributed by atoms with Gasteiger partial charge in [-0.25, -0.2) is 0 Å². The highest BCUT2D eigenvalue weighted by molar-refractivity contribution is 5.32. The van der Waals surface area contributed by atoms with Crippen LogP contribution in [-0.4, -0.2) is 0 Å². The molecule has 17 heavy (non-hydrogen) atoms. The summed E-state index contributed by atoms with van der Waals surface area (Å²) in [5, 5.41) is 0. The van der Waals surface area contributed by atoms with Gasteiger partial charge in [0.05, 0.1) is 0 Å². The van der Waals surface area contributed by atoms with Crippen LogP contribution >= 0.6 is 0 Å². The summed E-state index contributed by atoms with van der Waals surface area (Å²) in [7, 11) is 0. The Bertz CT molecular complexity index is 326. The van der Waals surface area contributed by atoms with Gasteiger partial charge in [-0.2, -0.15) is 0 Å². The largest absolute Gasteiger partial charge is 0.0683 e. The Balaban J connectivity index is 0.00000121. The molecule has 0 aliphatic heterocycles. The van der Waals surface area contributed by atoms with Crippen molar-refractivity contribution in [2.24, 2.45) is 0 Å². The van der Waals surface area contributed by atoms with Gasteiger partial charge in [-0.1, -0.05) is 79.7 Å². The average Bonchev–Trinajstić information content (AvgIpc) is 2.31. The van der Waals surface area contributed by atoms with Crippen LogP contribution in [0, 0.1) is 0 Å². The minimum Gasteiger partial charge on any atom is -0.0683 e. The first-order valence-corrected chi connectivity index (χ1v) is 6.88. The van der Waals surface area contributed by atoms with Crippen LogP contribution in [0.4, 0.5) is 0 Å². The lowest BCUT2D eigenvalue weighted by atomic mass is 9.78. The van der Waals surface area contributed by atoms with Gasteiger partial charge in [-0.05, 0) is 28.4 Å². The smallest absolute Gasteiger partial charge is 0.0106 e. The van der Waals surface area contributed by atoms with E-state index in [-0.39, 0.29) is 5.41 Å². The Kier molecular flexibility index (Phi) is 5.95. The first kappa shape index (κ1) is 16.2. The molecule has 1 aromatic carbocycles. The van der Waals surface area contributed by atoms with E-state index in [4.69, 9.17) is 0 Å². The summed E-state index contributed by atoms with van der Waals surface area (Å²) in [6.45, 7) is 17.7. The fraction of sp³-hybridized carbons (Fsp3) is 0.647. The second-order valence-electron chi connectivity index (χ2n) is 6.07. The molecule has 0 aromatic heterocycles. The lowest BCUT2D eigenvalue weighted by Gasteiger charge is -2.26. The van der Waals surface area contributed by atoms with E-state index in [1.54, 1.807) is 0 Å². The Morgan fingerprint density at radius 1 is 0.882 bits per heavy atom. The molecule has 0 spiro atoms. The fourth-order valence-corrected chi connectivity index (χ4v) is 1.61. The molecule has 0 amide bonds. The van der Waals surface area contributed by atoms with E-state index in [0.29, 0.717) is 5.41 Å². The lowest BCUT2D eigenvalue weighted by molar-refractivity contribution is 0.502. The molecule has 0 heterocycles. The summed E-state index contributed by atoms with van der Waals surface area (Å²) in [6, 6.07) is 9.03. The molecule has 98 valence electrons. The van der Waals surface area contributed by atoms with E-state index < -0.39 is 0 Å². The Labute approximate surface area is 108 Å². The van der Waals surface area contributed by atoms with Crippen LogP contribution in [0.3, 0.4) is 0 Å². The van der Waals surface area contributed by atoms with Gasteiger partial charge in [0.1, 0.15) is 0 Å². The Morgan fingerprint density at radius 2 is 1.35 bits per heavy atom. The zero-order chi connectivity index (χ0) is 13.7. The summed E-state index contributed by atoms with van der Waals surface area (Å²) >= 11 is 0. The van der Waals surface area contributed by atoms with Crippen LogP contribution in [0.1, 0.15) is 72.9 Å². The number of hydrogen-bond donors (Lipinski definition) is 0. The zero-order valence-corrected chi connectivity index (χ0v) is 13.0. The fourth-order valence-electron chi connectivity index (χ4n) is 1.61. The van der Waals surface area contributed by atoms with Gasteiger partial charge in [0, 0.05) is 0 Å². The van der Waals surface area contributed by atoms with Crippen LogP contribution in [0.15, 0.2) is 24.3 Å². The quantitative estimate of drug-likeness (QED) is 0.616. The molecule has 1 rings (SSSR count). The molecular weight excluding hydrogens is 204 g/mol. The van der Waals surface area contributed by atoms with Crippen LogP contribution in [-0.2, 0) is 10.8 Å². The van der Waals surface area contributed by atoms with E-state index in [1.807, 2.05) is 13.8 Å². The summed E-state index contributed by atoms with van der Waals surface area (Å²) < 4.78 is 0. The number of benzene rings is 1. The topological polar surface area (TPSA) is 0 Å². The molecule has 0 aliphatic rings. The average molecular weight is 234 g/mol. The zero-order valence-electron chi connectivity index (χ0n) is 13.0. The van der Waals surface area contributed by atoms with Crippen LogP contribution < -0.4 is 0 Å². The van der Waals surface area contributed by atoms with Crippen molar-refractivity contribution >= 4 is 0 Å². The summed E-state index contributed by atoms with van der Waals surface area (Å²) in [5.74, 6) is 0. The molecule has 0 heteroatoms. The van der Waals surface area contributed by atoms with E-state index in [9.17, 15) is 0 Å². The second-order valence-corrected chi connectivity index (χ2v) is 6.07. The predicted molar refractivity (Wildman–Crippen MR) is 79.8 cm³/mol. The third kappa shape index (κ3) is 4.53. The summed E-state index contributed by atoms with van der Waals surface area (Å²) in [6.07, 6.45) is 1.18. The van der Waals surface area contributed by atoms with Crippen molar-refractivity contribution in [2.75, 3.05) is 0 Å². The van der Waals surface area contributed by atoms with E-state index in [0.717, 1.165) is 0 Å². The van der Waals surface area contributed by atoms with Crippen molar-refractivity contribution in [1.29, 1.82) is 0 Å².